The lowest BCUT2D eigenvalue weighted by Gasteiger charge is -2.29. The van der Waals surface area contributed by atoms with E-state index in [0.717, 1.165) is 12.8 Å². The summed E-state index contributed by atoms with van der Waals surface area (Å²) in [5, 5.41) is 9.85. The molecule has 3 nitrogen and oxygen atoms in total. The van der Waals surface area contributed by atoms with Gasteiger partial charge in [-0.3, -0.25) is 0 Å². The minimum atomic E-state index is -1.30. The van der Waals surface area contributed by atoms with E-state index in [9.17, 15) is 10.1 Å². The van der Waals surface area contributed by atoms with E-state index < -0.39 is 17.0 Å². The molecule has 0 unspecified atom stereocenters. The second-order valence-electron chi connectivity index (χ2n) is 7.06. The topological polar surface area (TPSA) is 50.1 Å². The molecule has 0 spiro atoms. The van der Waals surface area contributed by atoms with Crippen LogP contribution in [0.3, 0.4) is 0 Å². The van der Waals surface area contributed by atoms with Gasteiger partial charge in [-0.15, -0.1) is 0 Å². The molecule has 0 heterocycles. The highest BCUT2D eigenvalue weighted by Crippen LogP contribution is 2.31. The Morgan fingerprint density at radius 1 is 1.17 bits per heavy atom. The SMILES string of the molecule is CCCCC/C=C/C[C@](C#N)(C(=O)OC(C)(C)C)c1ccccc1. The zero-order valence-electron chi connectivity index (χ0n) is 15.3. The maximum Gasteiger partial charge on any atom is 0.331 e. The summed E-state index contributed by atoms with van der Waals surface area (Å²) in [6, 6.07) is 11.4. The van der Waals surface area contributed by atoms with Crippen LogP contribution in [-0.2, 0) is 14.9 Å². The van der Waals surface area contributed by atoms with Crippen molar-refractivity contribution in [2.75, 3.05) is 0 Å². The van der Waals surface area contributed by atoms with Gasteiger partial charge < -0.3 is 4.74 Å². The van der Waals surface area contributed by atoms with Crippen LogP contribution < -0.4 is 0 Å². The van der Waals surface area contributed by atoms with Gasteiger partial charge in [0.2, 0.25) is 0 Å². The molecule has 3 heteroatoms. The molecule has 1 rings (SSSR count). The number of esters is 1. The molecular weight excluding hydrogens is 298 g/mol. The third-order valence-corrected chi connectivity index (χ3v) is 3.77. The molecule has 0 aliphatic heterocycles. The first-order chi connectivity index (χ1) is 11.4. The summed E-state index contributed by atoms with van der Waals surface area (Å²) in [7, 11) is 0. The van der Waals surface area contributed by atoms with Gasteiger partial charge in [-0.05, 0) is 45.6 Å². The highest BCUT2D eigenvalue weighted by atomic mass is 16.6. The number of benzene rings is 1. The molecule has 0 aliphatic carbocycles. The van der Waals surface area contributed by atoms with Gasteiger partial charge in [-0.25, -0.2) is 4.79 Å². The second kappa shape index (κ2) is 9.27. The molecular formula is C21H29NO2. The van der Waals surface area contributed by atoms with Crippen molar-refractivity contribution in [3.8, 4) is 6.07 Å². The molecule has 1 aromatic carbocycles. The minimum absolute atomic E-state index is 0.328. The van der Waals surface area contributed by atoms with Crippen LogP contribution in [0.4, 0.5) is 0 Å². The molecule has 0 N–H and O–H groups in total. The molecule has 0 saturated heterocycles. The van der Waals surface area contributed by atoms with E-state index >= 15 is 0 Å². The van der Waals surface area contributed by atoms with Crippen molar-refractivity contribution in [2.45, 2.75) is 70.8 Å². The first-order valence-electron chi connectivity index (χ1n) is 8.71. The van der Waals surface area contributed by atoms with Gasteiger partial charge in [0.25, 0.3) is 0 Å². The number of hydrogen-bond acceptors (Lipinski definition) is 3. The van der Waals surface area contributed by atoms with Gasteiger partial charge in [0.1, 0.15) is 5.60 Å². The standard InChI is InChI=1S/C21H29NO2/c1-5-6-7-8-9-13-16-21(17-22,18-14-11-10-12-15-18)19(23)24-20(2,3)4/h9-15H,5-8,16H2,1-4H3/b13-9+/t21-/m1/s1. The molecule has 0 aromatic heterocycles. The van der Waals surface area contributed by atoms with Crippen LogP contribution in [0.25, 0.3) is 0 Å². The Hall–Kier alpha value is -2.08. The molecule has 0 saturated carbocycles. The van der Waals surface area contributed by atoms with Gasteiger partial charge >= 0.3 is 5.97 Å². The Balaban J connectivity index is 3.03. The van der Waals surface area contributed by atoms with Gasteiger partial charge in [0.05, 0.1) is 6.07 Å². The van der Waals surface area contributed by atoms with Gasteiger partial charge in [0.15, 0.2) is 5.41 Å². The van der Waals surface area contributed by atoms with Crippen LogP contribution in [0.2, 0.25) is 0 Å². The van der Waals surface area contributed by atoms with E-state index in [2.05, 4.69) is 19.1 Å². The van der Waals surface area contributed by atoms with Crippen molar-refractivity contribution in [1.29, 1.82) is 5.26 Å². The van der Waals surface area contributed by atoms with Crippen molar-refractivity contribution in [2.24, 2.45) is 0 Å². The van der Waals surface area contributed by atoms with Crippen LogP contribution in [0, 0.1) is 11.3 Å². The summed E-state index contributed by atoms with van der Waals surface area (Å²) in [5.74, 6) is -0.484. The Labute approximate surface area is 146 Å². The largest absolute Gasteiger partial charge is 0.459 e. The third-order valence-electron chi connectivity index (χ3n) is 3.77. The Kier molecular flexibility index (Phi) is 7.71. The second-order valence-corrected chi connectivity index (χ2v) is 7.06. The predicted octanol–water partition coefficient (Wildman–Crippen LogP) is 5.32. The smallest absolute Gasteiger partial charge is 0.331 e. The van der Waals surface area contributed by atoms with Crippen molar-refractivity contribution in [1.82, 2.24) is 0 Å². The fraction of sp³-hybridized carbons (Fsp3) is 0.524. The van der Waals surface area contributed by atoms with Gasteiger partial charge in [-0.1, -0.05) is 62.2 Å². The van der Waals surface area contributed by atoms with E-state index in [1.165, 1.54) is 12.8 Å². The maximum absolute atomic E-state index is 12.8. The predicted molar refractivity (Wildman–Crippen MR) is 97.5 cm³/mol. The molecule has 0 radical (unpaired) electrons. The van der Waals surface area contributed by atoms with Gasteiger partial charge in [-0.2, -0.15) is 5.26 Å². The first-order valence-corrected chi connectivity index (χ1v) is 8.71. The number of rotatable bonds is 8. The van der Waals surface area contributed by atoms with Crippen LogP contribution in [0.5, 0.6) is 0 Å². The lowest BCUT2D eigenvalue weighted by molar-refractivity contribution is -0.159. The fourth-order valence-electron chi connectivity index (χ4n) is 2.45. The fourth-order valence-corrected chi connectivity index (χ4v) is 2.45. The zero-order chi connectivity index (χ0) is 18.1. The molecule has 1 atom stereocenters. The molecule has 130 valence electrons. The number of ether oxygens (including phenoxy) is 1. The van der Waals surface area contributed by atoms with Gasteiger partial charge in [0, 0.05) is 0 Å². The number of allylic oxidation sites excluding steroid dienone is 2. The minimum Gasteiger partial charge on any atom is -0.459 e. The molecule has 0 bridgehead atoms. The summed E-state index contributed by atoms with van der Waals surface area (Å²) in [4.78, 5) is 12.8. The molecule has 1 aromatic rings. The summed E-state index contributed by atoms with van der Waals surface area (Å²) >= 11 is 0. The number of nitriles is 1. The van der Waals surface area contributed by atoms with Crippen LogP contribution in [0.1, 0.15) is 65.4 Å². The average molecular weight is 327 g/mol. The lowest BCUT2D eigenvalue weighted by atomic mass is 9.78. The van der Waals surface area contributed by atoms with Crippen LogP contribution >= 0.6 is 0 Å². The third kappa shape index (κ3) is 5.85. The van der Waals surface area contributed by atoms with E-state index in [-0.39, 0.29) is 0 Å². The average Bonchev–Trinajstić information content (AvgIpc) is 2.54. The molecule has 0 aliphatic rings. The Morgan fingerprint density at radius 3 is 2.38 bits per heavy atom. The van der Waals surface area contributed by atoms with Crippen LogP contribution in [0.15, 0.2) is 42.5 Å². The quantitative estimate of drug-likeness (QED) is 0.369. The van der Waals surface area contributed by atoms with Crippen LogP contribution in [-0.4, -0.2) is 11.6 Å². The van der Waals surface area contributed by atoms with E-state index in [1.807, 2.05) is 57.2 Å². The molecule has 0 fully saturated rings. The summed E-state index contributed by atoms with van der Waals surface area (Å²) in [5.41, 5.74) is -1.24. The van der Waals surface area contributed by atoms with Crippen molar-refractivity contribution in [3.63, 3.8) is 0 Å². The molecule has 24 heavy (non-hydrogen) atoms. The monoisotopic (exact) mass is 327 g/mol. The summed E-state index contributed by atoms with van der Waals surface area (Å²) in [6.07, 6.45) is 8.80. The number of carbonyl (C=O) groups excluding carboxylic acids is 1. The maximum atomic E-state index is 12.8. The number of carbonyl (C=O) groups is 1. The zero-order valence-corrected chi connectivity index (χ0v) is 15.3. The Morgan fingerprint density at radius 2 is 1.83 bits per heavy atom. The van der Waals surface area contributed by atoms with Crippen molar-refractivity contribution >= 4 is 5.97 Å². The molecule has 0 amide bonds. The lowest BCUT2D eigenvalue weighted by Crippen LogP contribution is -2.40. The number of unbranched alkanes of at least 4 members (excludes halogenated alkanes) is 3. The number of nitrogens with zero attached hydrogens (tertiary/aromatic N) is 1. The summed E-state index contributed by atoms with van der Waals surface area (Å²) in [6.45, 7) is 7.62. The van der Waals surface area contributed by atoms with Crippen molar-refractivity contribution in [3.05, 3.63) is 48.0 Å². The van der Waals surface area contributed by atoms with E-state index in [0.29, 0.717) is 12.0 Å². The summed E-state index contributed by atoms with van der Waals surface area (Å²) < 4.78 is 5.55. The van der Waals surface area contributed by atoms with Crippen molar-refractivity contribution < 1.29 is 9.53 Å². The Bertz CT molecular complexity index is 578. The number of hydrogen-bond donors (Lipinski definition) is 0. The normalized spacial score (nSPS) is 14.1. The highest BCUT2D eigenvalue weighted by Gasteiger charge is 2.43. The van der Waals surface area contributed by atoms with E-state index in [1.54, 1.807) is 0 Å². The van der Waals surface area contributed by atoms with E-state index in [4.69, 9.17) is 4.74 Å². The highest BCUT2D eigenvalue weighted by molar-refractivity contribution is 5.87. The first kappa shape index (κ1) is 20.0.